The van der Waals surface area contributed by atoms with Gasteiger partial charge in [-0.25, -0.2) is 4.98 Å². The Morgan fingerprint density at radius 2 is 1.81 bits per heavy atom. The highest BCUT2D eigenvalue weighted by Gasteiger charge is 2.25. The summed E-state index contributed by atoms with van der Waals surface area (Å²) in [6.07, 6.45) is 6.06. The molecule has 7 heteroatoms. The first-order chi connectivity index (χ1) is 15.5. The Hall–Kier alpha value is -2.97. The number of aliphatic hydroxyl groups is 3. The molecule has 4 atom stereocenters. The summed E-state index contributed by atoms with van der Waals surface area (Å²) in [5, 5.41) is 32.8. The fraction of sp³-hybridized carbons (Fsp3) is 0.320. The first-order valence-electron chi connectivity index (χ1n) is 10.8. The van der Waals surface area contributed by atoms with E-state index in [1.165, 1.54) is 0 Å². The fourth-order valence-corrected chi connectivity index (χ4v) is 3.83. The Labute approximate surface area is 187 Å². The number of rotatable bonds is 8. The van der Waals surface area contributed by atoms with Gasteiger partial charge in [-0.3, -0.25) is 0 Å². The van der Waals surface area contributed by atoms with Crippen LogP contribution in [-0.2, 0) is 4.74 Å². The minimum Gasteiger partial charge on any atom is -0.394 e. The number of nitrogens with zero attached hydrogens (tertiary/aromatic N) is 2. The number of anilines is 1. The van der Waals surface area contributed by atoms with E-state index in [9.17, 15) is 15.3 Å². The van der Waals surface area contributed by atoms with Crippen LogP contribution in [0, 0.1) is 0 Å². The van der Waals surface area contributed by atoms with Crippen LogP contribution in [-0.4, -0.2) is 56.8 Å². The Morgan fingerprint density at radius 1 is 1.12 bits per heavy atom. The normalized spacial score (nSPS) is 20.5. The molecule has 0 amide bonds. The first-order valence-corrected chi connectivity index (χ1v) is 10.8. The molecule has 32 heavy (non-hydrogen) atoms. The third kappa shape index (κ3) is 5.08. The molecule has 1 fully saturated rings. The van der Waals surface area contributed by atoms with Crippen molar-refractivity contribution in [3.63, 3.8) is 0 Å². The molecule has 168 valence electrons. The van der Waals surface area contributed by atoms with Gasteiger partial charge in [-0.05, 0) is 35.7 Å². The fourth-order valence-electron chi connectivity index (χ4n) is 3.83. The van der Waals surface area contributed by atoms with E-state index in [1.807, 2.05) is 48.6 Å². The summed E-state index contributed by atoms with van der Waals surface area (Å²) in [6.45, 7) is 2.45. The molecule has 4 N–H and O–H groups in total. The highest BCUT2D eigenvalue weighted by atomic mass is 16.5. The SMILES string of the molecule is C[C@H](O)c1nccn1[C@@H](/C=C/c1ccc(-c2ccc(NC3COC[C@H]3O)cc2)cc1)CO. The molecule has 1 unspecified atom stereocenters. The average Bonchev–Trinajstić information content (AvgIpc) is 3.45. The van der Waals surface area contributed by atoms with Crippen LogP contribution in [0.15, 0.2) is 67.0 Å². The summed E-state index contributed by atoms with van der Waals surface area (Å²) in [5.74, 6) is 0.525. The lowest BCUT2D eigenvalue weighted by Gasteiger charge is -2.16. The van der Waals surface area contributed by atoms with E-state index in [0.717, 1.165) is 22.4 Å². The summed E-state index contributed by atoms with van der Waals surface area (Å²) in [7, 11) is 0. The van der Waals surface area contributed by atoms with Crippen molar-refractivity contribution in [2.45, 2.75) is 31.2 Å². The molecular formula is C25H29N3O4. The topological polar surface area (TPSA) is 99.8 Å². The van der Waals surface area contributed by atoms with Crippen molar-refractivity contribution in [1.82, 2.24) is 9.55 Å². The number of hydrogen-bond acceptors (Lipinski definition) is 6. The molecule has 7 nitrogen and oxygen atoms in total. The maximum Gasteiger partial charge on any atom is 0.137 e. The molecule has 0 aliphatic carbocycles. The molecule has 1 saturated heterocycles. The summed E-state index contributed by atoms with van der Waals surface area (Å²) >= 11 is 0. The van der Waals surface area contributed by atoms with Crippen LogP contribution in [0.5, 0.6) is 0 Å². The quantitative estimate of drug-likeness (QED) is 0.434. The molecule has 0 bridgehead atoms. The zero-order valence-corrected chi connectivity index (χ0v) is 18.0. The second-order valence-electron chi connectivity index (χ2n) is 8.03. The molecule has 2 aromatic carbocycles. The van der Waals surface area contributed by atoms with E-state index < -0.39 is 12.2 Å². The lowest BCUT2D eigenvalue weighted by atomic mass is 10.0. The van der Waals surface area contributed by atoms with Gasteiger partial charge in [0.15, 0.2) is 0 Å². The van der Waals surface area contributed by atoms with Gasteiger partial charge in [-0.1, -0.05) is 48.6 Å². The number of ether oxygens (including phenoxy) is 1. The minimum atomic E-state index is -0.704. The van der Waals surface area contributed by atoms with E-state index in [4.69, 9.17) is 4.74 Å². The van der Waals surface area contributed by atoms with Crippen molar-refractivity contribution < 1.29 is 20.1 Å². The Bertz CT molecular complexity index is 1030. The molecule has 1 aromatic heterocycles. The smallest absolute Gasteiger partial charge is 0.137 e. The van der Waals surface area contributed by atoms with Crippen molar-refractivity contribution >= 4 is 11.8 Å². The van der Waals surface area contributed by atoms with Gasteiger partial charge in [0.1, 0.15) is 11.9 Å². The molecule has 0 spiro atoms. The maximum atomic E-state index is 9.87. The Balaban J connectivity index is 1.41. The summed E-state index contributed by atoms with van der Waals surface area (Å²) < 4.78 is 7.06. The van der Waals surface area contributed by atoms with Gasteiger partial charge in [-0.2, -0.15) is 0 Å². The largest absolute Gasteiger partial charge is 0.394 e. The lowest BCUT2D eigenvalue weighted by molar-refractivity contribution is 0.125. The predicted octanol–water partition coefficient (Wildman–Crippen LogP) is 3.02. The average molecular weight is 436 g/mol. The van der Waals surface area contributed by atoms with Gasteiger partial charge >= 0.3 is 0 Å². The molecule has 1 aliphatic heterocycles. The van der Waals surface area contributed by atoms with E-state index >= 15 is 0 Å². The van der Waals surface area contributed by atoms with Crippen molar-refractivity contribution in [3.8, 4) is 11.1 Å². The van der Waals surface area contributed by atoms with Gasteiger partial charge in [0, 0.05) is 18.1 Å². The van der Waals surface area contributed by atoms with Gasteiger partial charge in [0.25, 0.3) is 0 Å². The highest BCUT2D eigenvalue weighted by Crippen LogP contribution is 2.24. The summed E-state index contributed by atoms with van der Waals surface area (Å²) in [5.41, 5.74) is 4.17. The molecule has 0 saturated carbocycles. The van der Waals surface area contributed by atoms with Crippen molar-refractivity contribution in [1.29, 1.82) is 0 Å². The highest BCUT2D eigenvalue weighted by molar-refractivity contribution is 5.68. The lowest BCUT2D eigenvalue weighted by Crippen LogP contribution is -2.31. The number of aliphatic hydroxyl groups excluding tert-OH is 3. The van der Waals surface area contributed by atoms with E-state index in [-0.39, 0.29) is 18.7 Å². The second kappa shape index (κ2) is 10.1. The van der Waals surface area contributed by atoms with Crippen LogP contribution in [0.25, 0.3) is 17.2 Å². The monoisotopic (exact) mass is 435 g/mol. The zero-order chi connectivity index (χ0) is 22.5. The van der Waals surface area contributed by atoms with Crippen LogP contribution >= 0.6 is 0 Å². The van der Waals surface area contributed by atoms with Crippen LogP contribution in [0.4, 0.5) is 5.69 Å². The maximum absolute atomic E-state index is 9.87. The molecule has 4 rings (SSSR count). The second-order valence-corrected chi connectivity index (χ2v) is 8.03. The molecule has 0 radical (unpaired) electrons. The van der Waals surface area contributed by atoms with E-state index in [2.05, 4.69) is 22.4 Å². The molecule has 1 aliphatic rings. The molecular weight excluding hydrogens is 406 g/mol. The van der Waals surface area contributed by atoms with Gasteiger partial charge in [0.2, 0.25) is 0 Å². The third-order valence-electron chi connectivity index (χ3n) is 5.66. The third-order valence-corrected chi connectivity index (χ3v) is 5.66. The van der Waals surface area contributed by atoms with Gasteiger partial charge in [-0.15, -0.1) is 0 Å². The standard InChI is InChI=1S/C25H29N3O4/c1-17(30)25-26-12-13-28(25)22(14-29)11-4-18-2-5-19(6-3-18)20-7-9-21(10-8-20)27-23-15-32-16-24(23)31/h2-13,17,22-24,27,29-31H,14-16H2,1H3/b11-4+/t17-,22-,23?,24+/m0/s1. The van der Waals surface area contributed by atoms with Crippen molar-refractivity contribution in [3.05, 3.63) is 78.4 Å². The molecule has 2 heterocycles. The minimum absolute atomic E-state index is 0.0753. The predicted molar refractivity (Wildman–Crippen MR) is 124 cm³/mol. The van der Waals surface area contributed by atoms with E-state index in [0.29, 0.717) is 19.0 Å². The first kappa shape index (κ1) is 22.2. The van der Waals surface area contributed by atoms with Gasteiger partial charge < -0.3 is 29.9 Å². The van der Waals surface area contributed by atoms with E-state index in [1.54, 1.807) is 23.9 Å². The molecule has 3 aromatic rings. The van der Waals surface area contributed by atoms with Crippen molar-refractivity contribution in [2.75, 3.05) is 25.1 Å². The number of aromatic nitrogens is 2. The van der Waals surface area contributed by atoms with Crippen LogP contribution in [0.2, 0.25) is 0 Å². The van der Waals surface area contributed by atoms with Crippen LogP contribution in [0.1, 0.15) is 30.5 Å². The number of nitrogens with one attached hydrogen (secondary N) is 1. The van der Waals surface area contributed by atoms with Crippen LogP contribution < -0.4 is 5.32 Å². The van der Waals surface area contributed by atoms with Crippen molar-refractivity contribution in [2.24, 2.45) is 0 Å². The number of hydrogen-bond donors (Lipinski definition) is 4. The zero-order valence-electron chi connectivity index (χ0n) is 18.0. The summed E-state index contributed by atoms with van der Waals surface area (Å²) in [6, 6.07) is 15.9. The number of imidazole rings is 1. The Morgan fingerprint density at radius 3 is 2.41 bits per heavy atom. The number of benzene rings is 2. The van der Waals surface area contributed by atoms with Gasteiger partial charge in [0.05, 0.1) is 38.0 Å². The summed E-state index contributed by atoms with van der Waals surface area (Å²) in [4.78, 5) is 4.17. The van der Waals surface area contributed by atoms with Crippen LogP contribution in [0.3, 0.4) is 0 Å². The Kier molecular flexibility index (Phi) is 7.02.